The second kappa shape index (κ2) is 7.18. The molecule has 0 radical (unpaired) electrons. The Morgan fingerprint density at radius 2 is 1.85 bits per heavy atom. The van der Waals surface area contributed by atoms with Gasteiger partial charge in [0.1, 0.15) is 0 Å². The molecule has 2 aromatic carbocycles. The largest absolute Gasteiger partial charge is 0.478 e. The molecule has 132 valence electrons. The van der Waals surface area contributed by atoms with Crippen molar-refractivity contribution in [2.24, 2.45) is 5.92 Å². The van der Waals surface area contributed by atoms with Crippen molar-refractivity contribution in [3.05, 3.63) is 75.5 Å². The van der Waals surface area contributed by atoms with E-state index in [9.17, 15) is 14.7 Å². The number of pyridine rings is 1. The molecular formula is C21H18ClNO3. The van der Waals surface area contributed by atoms with Gasteiger partial charge < -0.3 is 10.1 Å². The first kappa shape index (κ1) is 18.0. The van der Waals surface area contributed by atoms with Crippen molar-refractivity contribution in [1.29, 1.82) is 0 Å². The molecule has 0 bridgehead atoms. The maximum absolute atomic E-state index is 12.8. The molecule has 0 aliphatic carbocycles. The van der Waals surface area contributed by atoms with Crippen molar-refractivity contribution in [2.75, 3.05) is 0 Å². The minimum absolute atomic E-state index is 0.0121. The number of allylic oxidation sites excluding steroid dienone is 1. The predicted molar refractivity (Wildman–Crippen MR) is 105 cm³/mol. The molecule has 5 heteroatoms. The van der Waals surface area contributed by atoms with Crippen LogP contribution in [0.5, 0.6) is 0 Å². The van der Waals surface area contributed by atoms with Crippen LogP contribution in [0.4, 0.5) is 0 Å². The second-order valence-corrected chi connectivity index (χ2v) is 6.83. The van der Waals surface area contributed by atoms with Crippen LogP contribution in [0.2, 0.25) is 5.02 Å². The Morgan fingerprint density at radius 3 is 2.46 bits per heavy atom. The molecule has 0 fully saturated rings. The summed E-state index contributed by atoms with van der Waals surface area (Å²) in [4.78, 5) is 27.6. The molecule has 3 rings (SSSR count). The van der Waals surface area contributed by atoms with Crippen LogP contribution in [0.15, 0.2) is 59.4 Å². The first-order valence-corrected chi connectivity index (χ1v) is 8.62. The highest BCUT2D eigenvalue weighted by Gasteiger charge is 2.22. The monoisotopic (exact) mass is 367 g/mol. The normalized spacial score (nSPS) is 11.9. The molecule has 2 N–H and O–H groups in total. The maximum Gasteiger partial charge on any atom is 0.336 e. The Labute approximate surface area is 155 Å². The van der Waals surface area contributed by atoms with E-state index in [1.165, 1.54) is 0 Å². The summed E-state index contributed by atoms with van der Waals surface area (Å²) in [5, 5.41) is 11.0. The molecule has 1 heterocycles. The van der Waals surface area contributed by atoms with E-state index in [4.69, 9.17) is 11.6 Å². The number of aromatic amines is 1. The van der Waals surface area contributed by atoms with Gasteiger partial charge in [-0.15, -0.1) is 0 Å². The van der Waals surface area contributed by atoms with E-state index >= 15 is 0 Å². The summed E-state index contributed by atoms with van der Waals surface area (Å²) in [7, 11) is 0. The van der Waals surface area contributed by atoms with Crippen LogP contribution in [-0.4, -0.2) is 16.1 Å². The van der Waals surface area contributed by atoms with Crippen LogP contribution < -0.4 is 5.56 Å². The van der Waals surface area contributed by atoms with Gasteiger partial charge in [0.2, 0.25) is 0 Å². The zero-order chi connectivity index (χ0) is 18.8. The summed E-state index contributed by atoms with van der Waals surface area (Å²) in [6, 6.07) is 14.4. The van der Waals surface area contributed by atoms with Crippen molar-refractivity contribution in [2.45, 2.75) is 13.8 Å². The molecule has 4 nitrogen and oxygen atoms in total. The number of H-pyrrole nitrogens is 1. The van der Waals surface area contributed by atoms with E-state index in [0.29, 0.717) is 21.5 Å². The smallest absolute Gasteiger partial charge is 0.336 e. The highest BCUT2D eigenvalue weighted by molar-refractivity contribution is 6.31. The third-order valence-electron chi connectivity index (χ3n) is 4.04. The highest BCUT2D eigenvalue weighted by Crippen LogP contribution is 2.34. The van der Waals surface area contributed by atoms with Gasteiger partial charge in [0.25, 0.3) is 5.56 Å². The van der Waals surface area contributed by atoms with Crippen molar-refractivity contribution >= 4 is 34.0 Å². The SMILES string of the molecule is CC(C)/C=C(\C(=O)O)c1c(-c2ccccc2)c2cc(Cl)ccc2[nH]c1=O. The first-order valence-electron chi connectivity index (χ1n) is 8.25. The topological polar surface area (TPSA) is 70.2 Å². The summed E-state index contributed by atoms with van der Waals surface area (Å²) in [5.41, 5.74) is 1.64. The summed E-state index contributed by atoms with van der Waals surface area (Å²) in [6.45, 7) is 3.74. The zero-order valence-corrected chi connectivity index (χ0v) is 15.2. The molecule has 0 aliphatic heterocycles. The van der Waals surface area contributed by atoms with E-state index in [0.717, 1.165) is 5.56 Å². The Bertz CT molecular complexity index is 1070. The Balaban J connectivity index is 2.52. The molecule has 0 unspecified atom stereocenters. The number of rotatable bonds is 4. The van der Waals surface area contributed by atoms with E-state index < -0.39 is 11.5 Å². The van der Waals surface area contributed by atoms with Crippen LogP contribution >= 0.6 is 11.6 Å². The second-order valence-electron chi connectivity index (χ2n) is 6.39. The zero-order valence-electron chi connectivity index (χ0n) is 14.4. The fourth-order valence-electron chi connectivity index (χ4n) is 3.02. The van der Waals surface area contributed by atoms with E-state index in [1.807, 2.05) is 44.2 Å². The summed E-state index contributed by atoms with van der Waals surface area (Å²) < 4.78 is 0. The van der Waals surface area contributed by atoms with Crippen LogP contribution in [-0.2, 0) is 4.79 Å². The summed E-state index contributed by atoms with van der Waals surface area (Å²) in [6.07, 6.45) is 1.59. The minimum Gasteiger partial charge on any atom is -0.478 e. The first-order chi connectivity index (χ1) is 12.4. The average molecular weight is 368 g/mol. The Hall–Kier alpha value is -2.85. The van der Waals surface area contributed by atoms with Crippen molar-refractivity contribution in [3.8, 4) is 11.1 Å². The maximum atomic E-state index is 12.8. The van der Waals surface area contributed by atoms with Gasteiger partial charge in [-0.05, 0) is 29.7 Å². The lowest BCUT2D eigenvalue weighted by Gasteiger charge is -2.14. The van der Waals surface area contributed by atoms with Gasteiger partial charge in [0.15, 0.2) is 0 Å². The number of carboxylic acid groups (broad SMARTS) is 1. The fraction of sp³-hybridized carbons (Fsp3) is 0.143. The molecular weight excluding hydrogens is 350 g/mol. The molecule has 0 spiro atoms. The average Bonchev–Trinajstić information content (AvgIpc) is 2.59. The van der Waals surface area contributed by atoms with Gasteiger partial charge in [0, 0.05) is 21.5 Å². The number of fused-ring (bicyclic) bond motifs is 1. The van der Waals surface area contributed by atoms with E-state index in [1.54, 1.807) is 24.3 Å². The molecule has 3 aromatic rings. The number of carboxylic acids is 1. The molecule has 0 amide bonds. The van der Waals surface area contributed by atoms with E-state index in [2.05, 4.69) is 4.98 Å². The van der Waals surface area contributed by atoms with Gasteiger partial charge in [-0.25, -0.2) is 4.79 Å². The standard InChI is InChI=1S/C21H18ClNO3/c1-12(2)10-16(21(25)26)19-18(13-6-4-3-5-7-13)15-11-14(22)8-9-17(15)23-20(19)24/h3-12H,1-2H3,(H,23,24)(H,25,26)/b16-10-. The number of carbonyl (C=O) groups is 1. The Kier molecular flexibility index (Phi) is 4.96. The fourth-order valence-corrected chi connectivity index (χ4v) is 3.19. The number of hydrogen-bond acceptors (Lipinski definition) is 2. The number of aliphatic carboxylic acids is 1. The summed E-state index contributed by atoms with van der Waals surface area (Å²) in [5.74, 6) is -1.16. The third kappa shape index (κ3) is 3.41. The highest BCUT2D eigenvalue weighted by atomic mass is 35.5. The number of nitrogens with one attached hydrogen (secondary N) is 1. The third-order valence-corrected chi connectivity index (χ3v) is 4.27. The molecule has 0 aliphatic rings. The van der Waals surface area contributed by atoms with Gasteiger partial charge in [-0.3, -0.25) is 4.79 Å². The van der Waals surface area contributed by atoms with Gasteiger partial charge in [0.05, 0.1) is 11.1 Å². The molecule has 0 saturated heterocycles. The van der Waals surface area contributed by atoms with Crippen molar-refractivity contribution in [1.82, 2.24) is 4.98 Å². The lowest BCUT2D eigenvalue weighted by Crippen LogP contribution is -2.18. The molecule has 0 saturated carbocycles. The van der Waals surface area contributed by atoms with Crippen LogP contribution in [0.25, 0.3) is 27.6 Å². The lowest BCUT2D eigenvalue weighted by atomic mass is 9.91. The lowest BCUT2D eigenvalue weighted by molar-refractivity contribution is -0.130. The molecule has 1 aromatic heterocycles. The van der Waals surface area contributed by atoms with Gasteiger partial charge in [-0.1, -0.05) is 61.9 Å². The number of benzene rings is 2. The predicted octanol–water partition coefficient (Wildman–Crippen LogP) is 4.97. The summed E-state index contributed by atoms with van der Waals surface area (Å²) >= 11 is 6.17. The van der Waals surface area contributed by atoms with E-state index in [-0.39, 0.29) is 17.1 Å². The van der Waals surface area contributed by atoms with Crippen molar-refractivity contribution in [3.63, 3.8) is 0 Å². The quantitative estimate of drug-likeness (QED) is 0.639. The number of halogens is 1. The number of hydrogen-bond donors (Lipinski definition) is 2. The van der Waals surface area contributed by atoms with Crippen LogP contribution in [0.1, 0.15) is 19.4 Å². The number of aromatic nitrogens is 1. The minimum atomic E-state index is -1.14. The molecule has 26 heavy (non-hydrogen) atoms. The molecule has 0 atom stereocenters. The van der Waals surface area contributed by atoms with Crippen LogP contribution in [0, 0.1) is 5.92 Å². The Morgan fingerprint density at radius 1 is 1.15 bits per heavy atom. The van der Waals surface area contributed by atoms with Crippen LogP contribution in [0.3, 0.4) is 0 Å². The van der Waals surface area contributed by atoms with Gasteiger partial charge in [-0.2, -0.15) is 0 Å². The van der Waals surface area contributed by atoms with Gasteiger partial charge >= 0.3 is 5.97 Å². The van der Waals surface area contributed by atoms with Crippen molar-refractivity contribution < 1.29 is 9.90 Å².